The topological polar surface area (TPSA) is 15.3 Å². The van der Waals surface area contributed by atoms with Crippen molar-refractivity contribution in [3.8, 4) is 0 Å². The molecule has 2 heteroatoms. The van der Waals surface area contributed by atoms with Crippen molar-refractivity contribution in [3.63, 3.8) is 0 Å². The van der Waals surface area contributed by atoms with E-state index in [1.165, 1.54) is 36.1 Å². The normalized spacial score (nSPS) is 11.7. The summed E-state index contributed by atoms with van der Waals surface area (Å²) in [6.07, 6.45) is 3.81. The molecule has 0 radical (unpaired) electrons. The lowest BCUT2D eigenvalue weighted by Gasteiger charge is -2.22. The molecule has 1 aromatic rings. The van der Waals surface area contributed by atoms with Crippen LogP contribution >= 0.6 is 0 Å². The Morgan fingerprint density at radius 2 is 1.55 bits per heavy atom. The first-order chi connectivity index (χ1) is 9.28. The number of hydrogen-bond acceptors (Lipinski definition) is 2. The van der Waals surface area contributed by atoms with E-state index in [2.05, 4.69) is 70.1 Å². The van der Waals surface area contributed by atoms with Crippen molar-refractivity contribution in [2.24, 2.45) is 0 Å². The van der Waals surface area contributed by atoms with Gasteiger partial charge in [0.2, 0.25) is 0 Å². The number of hydrogen-bond donors (Lipinski definition) is 1. The van der Waals surface area contributed by atoms with Gasteiger partial charge in [0.15, 0.2) is 0 Å². The molecule has 1 N–H and O–H groups in total. The zero-order valence-corrected chi connectivity index (χ0v) is 14.2. The fourth-order valence-electron chi connectivity index (χ4n) is 2.41. The summed E-state index contributed by atoms with van der Waals surface area (Å²) in [5.41, 5.74) is 4.29. The molecule has 0 atom stereocenters. The molecule has 0 heterocycles. The van der Waals surface area contributed by atoms with Crippen molar-refractivity contribution in [1.29, 1.82) is 0 Å². The highest BCUT2D eigenvalue weighted by atomic mass is 15.1. The van der Waals surface area contributed by atoms with Crippen LogP contribution in [0.15, 0.2) is 18.2 Å². The van der Waals surface area contributed by atoms with Crippen LogP contribution in [0.25, 0.3) is 0 Å². The minimum absolute atomic E-state index is 0.246. The fraction of sp³-hybridized carbons (Fsp3) is 0.667. The Hall–Kier alpha value is -1.02. The van der Waals surface area contributed by atoms with E-state index in [1.54, 1.807) is 0 Å². The van der Waals surface area contributed by atoms with Crippen molar-refractivity contribution in [2.45, 2.75) is 59.4 Å². The predicted octanol–water partition coefficient (Wildman–Crippen LogP) is 4.30. The summed E-state index contributed by atoms with van der Waals surface area (Å²) in [6.45, 7) is 13.3. The van der Waals surface area contributed by atoms with Crippen LogP contribution < -0.4 is 10.2 Å². The van der Waals surface area contributed by atoms with E-state index in [9.17, 15) is 0 Å². The highest BCUT2D eigenvalue weighted by Gasteiger charge is 2.07. The Morgan fingerprint density at radius 1 is 0.950 bits per heavy atom. The number of nitrogens with zero attached hydrogens (tertiary/aromatic N) is 1. The summed E-state index contributed by atoms with van der Waals surface area (Å²) in [4.78, 5) is 2.37. The molecule has 2 nitrogen and oxygen atoms in total. The van der Waals surface area contributed by atoms with Gasteiger partial charge < -0.3 is 10.2 Å². The molecule has 0 fully saturated rings. The van der Waals surface area contributed by atoms with Crippen LogP contribution in [0, 0.1) is 13.8 Å². The van der Waals surface area contributed by atoms with Gasteiger partial charge in [-0.05, 0) is 77.3 Å². The largest absolute Gasteiger partial charge is 0.375 e. The van der Waals surface area contributed by atoms with Crippen LogP contribution in [0.2, 0.25) is 0 Å². The summed E-state index contributed by atoms with van der Waals surface area (Å²) in [7, 11) is 2.20. The van der Waals surface area contributed by atoms with Crippen molar-refractivity contribution in [3.05, 3.63) is 29.3 Å². The summed E-state index contributed by atoms with van der Waals surface area (Å²) in [5, 5.41) is 3.54. The molecule has 1 aromatic carbocycles. The Morgan fingerprint density at radius 3 is 2.10 bits per heavy atom. The third-order valence-electron chi connectivity index (χ3n) is 3.47. The molecule has 1 rings (SSSR count). The molecule has 20 heavy (non-hydrogen) atoms. The summed E-state index contributed by atoms with van der Waals surface area (Å²) >= 11 is 0. The zero-order valence-electron chi connectivity index (χ0n) is 14.2. The van der Waals surface area contributed by atoms with Crippen LogP contribution in [0.3, 0.4) is 0 Å². The SMILES string of the molecule is Cc1cc(C)cc(N(C)CCCCCNC(C)(C)C)c1. The van der Waals surface area contributed by atoms with Crippen molar-refractivity contribution in [1.82, 2.24) is 5.32 Å². The number of anilines is 1. The molecule has 114 valence electrons. The average Bonchev–Trinajstić information content (AvgIpc) is 2.30. The maximum atomic E-state index is 3.54. The van der Waals surface area contributed by atoms with Gasteiger partial charge in [0, 0.05) is 24.8 Å². The molecule has 0 unspecified atom stereocenters. The van der Waals surface area contributed by atoms with Gasteiger partial charge in [0.05, 0.1) is 0 Å². The van der Waals surface area contributed by atoms with Gasteiger partial charge >= 0.3 is 0 Å². The van der Waals surface area contributed by atoms with Gasteiger partial charge in [0.1, 0.15) is 0 Å². The molecule has 0 spiro atoms. The Balaban J connectivity index is 2.25. The molecule has 0 bridgehead atoms. The summed E-state index contributed by atoms with van der Waals surface area (Å²) in [6, 6.07) is 6.78. The predicted molar refractivity (Wildman–Crippen MR) is 90.8 cm³/mol. The van der Waals surface area contributed by atoms with E-state index in [0.29, 0.717) is 0 Å². The number of unbranched alkanes of at least 4 members (excludes halogenated alkanes) is 2. The maximum Gasteiger partial charge on any atom is 0.0368 e. The minimum Gasteiger partial charge on any atom is -0.375 e. The van der Waals surface area contributed by atoms with Crippen molar-refractivity contribution in [2.75, 3.05) is 25.0 Å². The maximum absolute atomic E-state index is 3.54. The Kier molecular flexibility index (Phi) is 6.54. The standard InChI is InChI=1S/C18H32N2/c1-15-12-16(2)14-17(13-15)20(6)11-9-7-8-10-19-18(3,4)5/h12-14,19H,7-11H2,1-6H3. The first-order valence-electron chi connectivity index (χ1n) is 7.82. The lowest BCUT2D eigenvalue weighted by atomic mass is 10.1. The molecule has 0 aliphatic carbocycles. The quantitative estimate of drug-likeness (QED) is 0.747. The summed E-state index contributed by atoms with van der Waals surface area (Å²) in [5.74, 6) is 0. The van der Waals surface area contributed by atoms with Crippen LogP contribution in [-0.2, 0) is 0 Å². The summed E-state index contributed by atoms with van der Waals surface area (Å²) < 4.78 is 0. The third-order valence-corrected chi connectivity index (χ3v) is 3.47. The van der Waals surface area contributed by atoms with Crippen molar-refractivity contribution >= 4 is 5.69 Å². The number of benzene rings is 1. The Labute approximate surface area is 125 Å². The molecule has 0 aliphatic heterocycles. The second-order valence-corrected chi connectivity index (χ2v) is 7.00. The van der Waals surface area contributed by atoms with Gasteiger partial charge in [-0.3, -0.25) is 0 Å². The van der Waals surface area contributed by atoms with Gasteiger partial charge in [-0.25, -0.2) is 0 Å². The van der Waals surface area contributed by atoms with E-state index in [4.69, 9.17) is 0 Å². The second kappa shape index (κ2) is 7.68. The lowest BCUT2D eigenvalue weighted by molar-refractivity contribution is 0.417. The number of nitrogens with one attached hydrogen (secondary N) is 1. The van der Waals surface area contributed by atoms with Crippen LogP contribution in [0.5, 0.6) is 0 Å². The van der Waals surface area contributed by atoms with Crippen LogP contribution in [0.1, 0.15) is 51.2 Å². The molecule has 0 aromatic heterocycles. The second-order valence-electron chi connectivity index (χ2n) is 7.00. The highest BCUT2D eigenvalue weighted by molar-refractivity contribution is 5.50. The van der Waals surface area contributed by atoms with Crippen molar-refractivity contribution < 1.29 is 0 Å². The van der Waals surface area contributed by atoms with E-state index in [0.717, 1.165) is 13.1 Å². The van der Waals surface area contributed by atoms with Gasteiger partial charge in [-0.1, -0.05) is 12.5 Å². The van der Waals surface area contributed by atoms with E-state index in [-0.39, 0.29) is 5.54 Å². The first kappa shape index (κ1) is 17.0. The zero-order chi connectivity index (χ0) is 15.2. The van der Waals surface area contributed by atoms with Gasteiger partial charge in [0.25, 0.3) is 0 Å². The first-order valence-corrected chi connectivity index (χ1v) is 7.82. The molecule has 0 aliphatic rings. The average molecular weight is 276 g/mol. The van der Waals surface area contributed by atoms with Crippen LogP contribution in [-0.4, -0.2) is 25.7 Å². The number of aryl methyl sites for hydroxylation is 2. The van der Waals surface area contributed by atoms with Gasteiger partial charge in [-0.2, -0.15) is 0 Å². The third kappa shape index (κ3) is 6.95. The molecule has 0 amide bonds. The fourth-order valence-corrected chi connectivity index (χ4v) is 2.41. The highest BCUT2D eigenvalue weighted by Crippen LogP contribution is 2.18. The molecular weight excluding hydrogens is 244 g/mol. The van der Waals surface area contributed by atoms with E-state index in [1.807, 2.05) is 0 Å². The van der Waals surface area contributed by atoms with Gasteiger partial charge in [-0.15, -0.1) is 0 Å². The molecule has 0 saturated heterocycles. The lowest BCUT2D eigenvalue weighted by Crippen LogP contribution is -2.36. The minimum atomic E-state index is 0.246. The number of rotatable bonds is 7. The van der Waals surface area contributed by atoms with Crippen LogP contribution in [0.4, 0.5) is 5.69 Å². The molecular formula is C18H32N2. The Bertz CT molecular complexity index is 384. The molecule has 0 saturated carbocycles. The monoisotopic (exact) mass is 276 g/mol. The smallest absolute Gasteiger partial charge is 0.0368 e. The van der Waals surface area contributed by atoms with E-state index >= 15 is 0 Å². The van der Waals surface area contributed by atoms with E-state index < -0.39 is 0 Å².